The first kappa shape index (κ1) is 14.4. The zero-order valence-electron chi connectivity index (χ0n) is 13.1. The molecule has 2 aliphatic rings. The highest BCUT2D eigenvalue weighted by Gasteiger charge is 2.45. The van der Waals surface area contributed by atoms with Crippen molar-refractivity contribution in [1.29, 1.82) is 0 Å². The van der Waals surface area contributed by atoms with Gasteiger partial charge in [-0.1, -0.05) is 72.8 Å². The second-order valence-electron chi connectivity index (χ2n) is 6.45. The fourth-order valence-electron chi connectivity index (χ4n) is 3.51. The van der Waals surface area contributed by atoms with Crippen LogP contribution in [0.1, 0.15) is 18.0 Å². The maximum Gasteiger partial charge on any atom is 0.0466 e. The Labute approximate surface area is 137 Å². The standard InChI is InChI=1S/C21H22N2/c22-19(21-20(23-21)16-10-5-2-6-11-16)18-13-7-12-17(14-18)15-8-3-1-4-9-15/h1-10,12-14,16,19-21,23H,11,22H2. The Morgan fingerprint density at radius 2 is 1.78 bits per heavy atom. The Morgan fingerprint density at radius 3 is 2.57 bits per heavy atom. The van der Waals surface area contributed by atoms with E-state index in [4.69, 9.17) is 5.73 Å². The molecular formula is C21H22N2. The zero-order chi connectivity index (χ0) is 15.6. The van der Waals surface area contributed by atoms with Gasteiger partial charge in [0.1, 0.15) is 0 Å². The van der Waals surface area contributed by atoms with Gasteiger partial charge in [-0.3, -0.25) is 0 Å². The molecule has 0 bridgehead atoms. The van der Waals surface area contributed by atoms with E-state index in [1.165, 1.54) is 16.7 Å². The van der Waals surface area contributed by atoms with Gasteiger partial charge in [0.15, 0.2) is 0 Å². The highest BCUT2D eigenvalue weighted by molar-refractivity contribution is 5.64. The van der Waals surface area contributed by atoms with Crippen LogP contribution in [0, 0.1) is 5.92 Å². The Bertz CT molecular complexity index is 733. The molecule has 2 aromatic rings. The molecule has 23 heavy (non-hydrogen) atoms. The zero-order valence-corrected chi connectivity index (χ0v) is 13.1. The lowest BCUT2D eigenvalue weighted by Gasteiger charge is -2.15. The maximum absolute atomic E-state index is 6.54. The number of hydrogen-bond acceptors (Lipinski definition) is 2. The van der Waals surface area contributed by atoms with Crippen molar-refractivity contribution in [1.82, 2.24) is 5.32 Å². The van der Waals surface area contributed by atoms with Gasteiger partial charge in [0.25, 0.3) is 0 Å². The van der Waals surface area contributed by atoms with Gasteiger partial charge in [-0.05, 0) is 35.1 Å². The average Bonchev–Trinajstić information content (AvgIpc) is 3.43. The van der Waals surface area contributed by atoms with Gasteiger partial charge in [0.2, 0.25) is 0 Å². The summed E-state index contributed by atoms with van der Waals surface area (Å²) in [4.78, 5) is 0. The molecule has 0 saturated carbocycles. The molecule has 0 amide bonds. The van der Waals surface area contributed by atoms with Crippen LogP contribution in [0.15, 0.2) is 78.9 Å². The average molecular weight is 302 g/mol. The molecule has 2 nitrogen and oxygen atoms in total. The second kappa shape index (κ2) is 6.15. The highest BCUT2D eigenvalue weighted by Crippen LogP contribution is 2.34. The molecule has 3 N–H and O–H groups in total. The largest absolute Gasteiger partial charge is 0.323 e. The predicted molar refractivity (Wildman–Crippen MR) is 95.9 cm³/mol. The van der Waals surface area contributed by atoms with Crippen LogP contribution in [0.2, 0.25) is 0 Å². The van der Waals surface area contributed by atoms with E-state index in [1.807, 2.05) is 6.07 Å². The van der Waals surface area contributed by atoms with Crippen LogP contribution in [0.4, 0.5) is 0 Å². The minimum atomic E-state index is 0.0444. The van der Waals surface area contributed by atoms with Gasteiger partial charge >= 0.3 is 0 Å². The van der Waals surface area contributed by atoms with Crippen LogP contribution in [0.5, 0.6) is 0 Å². The molecule has 4 unspecified atom stereocenters. The van der Waals surface area contributed by atoms with Crippen molar-refractivity contribution in [3.05, 3.63) is 84.5 Å². The van der Waals surface area contributed by atoms with Crippen molar-refractivity contribution >= 4 is 0 Å². The molecule has 2 aromatic carbocycles. The Hall–Kier alpha value is -2.16. The van der Waals surface area contributed by atoms with E-state index in [2.05, 4.69) is 78.2 Å². The quantitative estimate of drug-likeness (QED) is 0.843. The van der Waals surface area contributed by atoms with Gasteiger partial charge in [0, 0.05) is 18.1 Å². The molecule has 4 atom stereocenters. The molecule has 4 rings (SSSR count). The summed E-state index contributed by atoms with van der Waals surface area (Å²) in [7, 11) is 0. The molecule has 0 radical (unpaired) electrons. The van der Waals surface area contributed by atoms with Crippen LogP contribution < -0.4 is 11.1 Å². The lowest BCUT2D eigenvalue weighted by atomic mass is 9.91. The van der Waals surface area contributed by atoms with Crippen molar-refractivity contribution in [2.45, 2.75) is 24.5 Å². The minimum Gasteiger partial charge on any atom is -0.323 e. The van der Waals surface area contributed by atoms with Crippen molar-refractivity contribution < 1.29 is 0 Å². The summed E-state index contributed by atoms with van der Waals surface area (Å²) >= 11 is 0. The first-order valence-corrected chi connectivity index (χ1v) is 8.33. The van der Waals surface area contributed by atoms with E-state index in [0.29, 0.717) is 18.0 Å². The van der Waals surface area contributed by atoms with Crippen LogP contribution in [-0.2, 0) is 0 Å². The fourth-order valence-corrected chi connectivity index (χ4v) is 3.51. The second-order valence-corrected chi connectivity index (χ2v) is 6.45. The summed E-state index contributed by atoms with van der Waals surface area (Å²) in [5.74, 6) is 0.577. The molecule has 1 heterocycles. The summed E-state index contributed by atoms with van der Waals surface area (Å²) in [5, 5.41) is 3.59. The van der Waals surface area contributed by atoms with Crippen molar-refractivity contribution in [2.24, 2.45) is 11.7 Å². The summed E-state index contributed by atoms with van der Waals surface area (Å²) < 4.78 is 0. The normalized spacial score (nSPS) is 26.9. The van der Waals surface area contributed by atoms with Crippen LogP contribution in [0.3, 0.4) is 0 Å². The molecule has 116 valence electrons. The van der Waals surface area contributed by atoms with Gasteiger partial charge in [-0.15, -0.1) is 0 Å². The van der Waals surface area contributed by atoms with Gasteiger partial charge in [-0.2, -0.15) is 0 Å². The molecule has 1 fully saturated rings. The summed E-state index contributed by atoms with van der Waals surface area (Å²) in [5.41, 5.74) is 10.2. The van der Waals surface area contributed by atoms with E-state index >= 15 is 0 Å². The lowest BCUT2D eigenvalue weighted by Crippen LogP contribution is -2.21. The molecule has 2 heteroatoms. The fraction of sp³-hybridized carbons (Fsp3) is 0.238. The van der Waals surface area contributed by atoms with Crippen molar-refractivity contribution in [2.75, 3.05) is 0 Å². The SMILES string of the molecule is NC(c1cccc(-c2ccccc2)c1)C1NC1C1C=CC=CC1. The number of allylic oxidation sites excluding steroid dienone is 3. The number of nitrogens with two attached hydrogens (primary N) is 1. The van der Waals surface area contributed by atoms with Gasteiger partial charge in [0.05, 0.1) is 0 Å². The smallest absolute Gasteiger partial charge is 0.0466 e. The summed E-state index contributed by atoms with van der Waals surface area (Å²) in [6.45, 7) is 0. The van der Waals surface area contributed by atoms with E-state index in [-0.39, 0.29) is 6.04 Å². The van der Waals surface area contributed by atoms with Crippen LogP contribution in [-0.4, -0.2) is 12.1 Å². The Morgan fingerprint density at radius 1 is 0.957 bits per heavy atom. The number of rotatable bonds is 4. The summed E-state index contributed by atoms with van der Waals surface area (Å²) in [6.07, 6.45) is 9.92. The van der Waals surface area contributed by atoms with E-state index < -0.39 is 0 Å². The number of nitrogens with one attached hydrogen (secondary N) is 1. The van der Waals surface area contributed by atoms with Crippen molar-refractivity contribution in [3.63, 3.8) is 0 Å². The number of benzene rings is 2. The number of hydrogen-bond donors (Lipinski definition) is 2. The van der Waals surface area contributed by atoms with Crippen LogP contribution >= 0.6 is 0 Å². The lowest BCUT2D eigenvalue weighted by molar-refractivity contribution is 0.592. The van der Waals surface area contributed by atoms with E-state index in [9.17, 15) is 0 Å². The van der Waals surface area contributed by atoms with Gasteiger partial charge < -0.3 is 11.1 Å². The third kappa shape index (κ3) is 3.00. The predicted octanol–water partition coefficient (Wildman–Crippen LogP) is 3.83. The summed E-state index contributed by atoms with van der Waals surface area (Å²) in [6, 6.07) is 20.0. The Kier molecular flexibility index (Phi) is 3.86. The van der Waals surface area contributed by atoms with E-state index in [0.717, 1.165) is 6.42 Å². The first-order chi connectivity index (χ1) is 11.3. The molecule has 1 aliphatic carbocycles. The third-order valence-electron chi connectivity index (χ3n) is 4.90. The molecular weight excluding hydrogens is 280 g/mol. The van der Waals surface area contributed by atoms with E-state index in [1.54, 1.807) is 0 Å². The third-order valence-corrected chi connectivity index (χ3v) is 4.90. The topological polar surface area (TPSA) is 48.0 Å². The first-order valence-electron chi connectivity index (χ1n) is 8.33. The maximum atomic E-state index is 6.54. The molecule has 0 aromatic heterocycles. The highest BCUT2D eigenvalue weighted by atomic mass is 15.2. The van der Waals surface area contributed by atoms with Crippen LogP contribution in [0.25, 0.3) is 11.1 Å². The monoisotopic (exact) mass is 302 g/mol. The minimum absolute atomic E-state index is 0.0444. The molecule has 1 aliphatic heterocycles. The Balaban J connectivity index is 1.50. The van der Waals surface area contributed by atoms with Crippen molar-refractivity contribution in [3.8, 4) is 11.1 Å². The molecule has 0 spiro atoms. The molecule has 1 saturated heterocycles. The van der Waals surface area contributed by atoms with Gasteiger partial charge in [-0.25, -0.2) is 0 Å².